The zero-order valence-corrected chi connectivity index (χ0v) is 17.8. The average Bonchev–Trinajstić information content (AvgIpc) is 2.74. The van der Waals surface area contributed by atoms with Gasteiger partial charge in [-0.25, -0.2) is 18.1 Å². The lowest BCUT2D eigenvalue weighted by molar-refractivity contribution is 0.102. The van der Waals surface area contributed by atoms with Crippen molar-refractivity contribution in [2.45, 2.75) is 17.9 Å². The van der Waals surface area contributed by atoms with Gasteiger partial charge in [0.05, 0.1) is 10.6 Å². The van der Waals surface area contributed by atoms with E-state index >= 15 is 0 Å². The molecule has 3 aromatic rings. The van der Waals surface area contributed by atoms with Crippen molar-refractivity contribution in [3.05, 3.63) is 84.1 Å². The highest BCUT2D eigenvalue weighted by Crippen LogP contribution is 2.22. The van der Waals surface area contributed by atoms with Crippen LogP contribution in [0.4, 0.5) is 11.5 Å². The number of nitrogens with zero attached hydrogens (tertiary/aromatic N) is 2. The number of carbonyl (C=O) groups excluding carboxylic acids is 1. The molecule has 1 unspecified atom stereocenters. The Morgan fingerprint density at radius 1 is 1.00 bits per heavy atom. The second-order valence-electron chi connectivity index (χ2n) is 7.00. The molecule has 156 valence electrons. The second-order valence-corrected chi connectivity index (χ2v) is 8.72. The van der Waals surface area contributed by atoms with Crippen LogP contribution in [0, 0.1) is 0 Å². The summed E-state index contributed by atoms with van der Waals surface area (Å²) in [5.41, 5.74) is 1.62. The molecule has 0 bridgehead atoms. The van der Waals surface area contributed by atoms with Gasteiger partial charge in [0.15, 0.2) is 5.82 Å². The molecule has 7 nitrogen and oxygen atoms in total. The minimum atomic E-state index is -3.81. The highest BCUT2D eigenvalue weighted by molar-refractivity contribution is 7.89. The third-order valence-electron chi connectivity index (χ3n) is 4.50. The molecule has 1 aromatic heterocycles. The number of aromatic nitrogens is 1. The monoisotopic (exact) mass is 424 g/mol. The molecule has 2 aromatic carbocycles. The number of hydrogen-bond donors (Lipinski definition) is 2. The van der Waals surface area contributed by atoms with Crippen molar-refractivity contribution in [3.63, 3.8) is 0 Å². The number of nitrogens with one attached hydrogen (secondary N) is 2. The fraction of sp³-hybridized carbons (Fsp3) is 0.182. The predicted octanol–water partition coefficient (Wildman–Crippen LogP) is 3.44. The Balaban J connectivity index is 1.81. The molecule has 0 aliphatic heterocycles. The maximum atomic E-state index is 12.8. The van der Waals surface area contributed by atoms with E-state index in [4.69, 9.17) is 0 Å². The molecule has 0 radical (unpaired) electrons. The lowest BCUT2D eigenvalue weighted by atomic mass is 10.1. The zero-order valence-electron chi connectivity index (χ0n) is 17.0. The lowest BCUT2D eigenvalue weighted by Gasteiger charge is -2.17. The van der Waals surface area contributed by atoms with Gasteiger partial charge in [0.25, 0.3) is 5.91 Å². The van der Waals surface area contributed by atoms with Gasteiger partial charge in [-0.1, -0.05) is 36.4 Å². The van der Waals surface area contributed by atoms with Crippen LogP contribution < -0.4 is 14.9 Å². The van der Waals surface area contributed by atoms with E-state index in [1.807, 2.05) is 44.4 Å². The van der Waals surface area contributed by atoms with E-state index < -0.39 is 22.0 Å². The van der Waals surface area contributed by atoms with Gasteiger partial charge in [-0.05, 0) is 42.8 Å². The Hall–Kier alpha value is -3.23. The van der Waals surface area contributed by atoms with Crippen LogP contribution in [0.5, 0.6) is 0 Å². The van der Waals surface area contributed by atoms with Crippen molar-refractivity contribution < 1.29 is 13.2 Å². The predicted molar refractivity (Wildman–Crippen MR) is 118 cm³/mol. The maximum Gasteiger partial charge on any atom is 0.255 e. The third-order valence-corrected chi connectivity index (χ3v) is 6.03. The fourth-order valence-corrected chi connectivity index (χ4v) is 4.24. The minimum Gasteiger partial charge on any atom is -0.361 e. The molecule has 0 aliphatic carbocycles. The van der Waals surface area contributed by atoms with Gasteiger partial charge in [-0.2, -0.15) is 0 Å². The molecule has 0 saturated heterocycles. The topological polar surface area (TPSA) is 91.4 Å². The summed E-state index contributed by atoms with van der Waals surface area (Å²) in [5, 5.41) is 2.80. The normalized spacial score (nSPS) is 12.2. The standard InChI is InChI=1S/C22H24N4O3S/c1-16(17-9-5-4-6-10-17)25-30(28,29)19-12-7-11-18(15-19)22(27)24-20-13-8-14-23-21(20)26(2)3/h4-16,25H,1-3H3,(H,24,27). The van der Waals surface area contributed by atoms with Crippen LogP contribution in [-0.2, 0) is 10.0 Å². The lowest BCUT2D eigenvalue weighted by Crippen LogP contribution is -2.27. The van der Waals surface area contributed by atoms with Gasteiger partial charge < -0.3 is 10.2 Å². The van der Waals surface area contributed by atoms with Gasteiger partial charge in [0, 0.05) is 31.9 Å². The van der Waals surface area contributed by atoms with Crippen LogP contribution in [0.1, 0.15) is 28.9 Å². The van der Waals surface area contributed by atoms with Crippen LogP contribution in [0.3, 0.4) is 0 Å². The van der Waals surface area contributed by atoms with Crippen molar-refractivity contribution in [1.29, 1.82) is 0 Å². The summed E-state index contributed by atoms with van der Waals surface area (Å²) in [5.74, 6) is 0.187. The van der Waals surface area contributed by atoms with E-state index in [9.17, 15) is 13.2 Å². The molecule has 1 amide bonds. The molecule has 3 rings (SSSR count). The number of carbonyl (C=O) groups is 1. The van der Waals surface area contributed by atoms with Gasteiger partial charge >= 0.3 is 0 Å². The van der Waals surface area contributed by atoms with Gasteiger partial charge in [-0.15, -0.1) is 0 Å². The van der Waals surface area contributed by atoms with E-state index in [0.717, 1.165) is 5.56 Å². The molecule has 1 atom stereocenters. The SMILES string of the molecule is CC(NS(=O)(=O)c1cccc(C(=O)Nc2cccnc2N(C)C)c1)c1ccccc1. The van der Waals surface area contributed by atoms with E-state index in [-0.39, 0.29) is 10.5 Å². The summed E-state index contributed by atoms with van der Waals surface area (Å²) in [4.78, 5) is 18.8. The fourth-order valence-electron chi connectivity index (χ4n) is 2.96. The first-order valence-corrected chi connectivity index (χ1v) is 10.9. The van der Waals surface area contributed by atoms with Crippen molar-refractivity contribution in [2.24, 2.45) is 0 Å². The van der Waals surface area contributed by atoms with Gasteiger partial charge in [-0.3, -0.25) is 4.79 Å². The van der Waals surface area contributed by atoms with Gasteiger partial charge in [0.1, 0.15) is 0 Å². The molecule has 0 spiro atoms. The average molecular weight is 425 g/mol. The maximum absolute atomic E-state index is 12.8. The molecular formula is C22H24N4O3S. The molecule has 1 heterocycles. The summed E-state index contributed by atoms with van der Waals surface area (Å²) < 4.78 is 28.3. The van der Waals surface area contributed by atoms with Crippen LogP contribution in [-0.4, -0.2) is 33.4 Å². The summed E-state index contributed by atoms with van der Waals surface area (Å²) >= 11 is 0. The first kappa shape index (κ1) is 21.5. The van der Waals surface area contributed by atoms with Crippen molar-refractivity contribution in [1.82, 2.24) is 9.71 Å². The van der Waals surface area contributed by atoms with E-state index in [1.165, 1.54) is 12.1 Å². The third kappa shape index (κ3) is 5.03. The highest BCUT2D eigenvalue weighted by atomic mass is 32.2. The number of rotatable bonds is 7. The van der Waals surface area contributed by atoms with Crippen LogP contribution in [0.25, 0.3) is 0 Å². The number of amides is 1. The molecule has 0 fully saturated rings. The Morgan fingerprint density at radius 3 is 2.43 bits per heavy atom. The summed E-state index contributed by atoms with van der Waals surface area (Å²) in [6.07, 6.45) is 1.64. The van der Waals surface area contributed by atoms with Crippen LogP contribution in [0.2, 0.25) is 0 Å². The van der Waals surface area contributed by atoms with Gasteiger partial charge in [0.2, 0.25) is 10.0 Å². The minimum absolute atomic E-state index is 0.0250. The van der Waals surface area contributed by atoms with E-state index in [2.05, 4.69) is 15.0 Å². The summed E-state index contributed by atoms with van der Waals surface area (Å²) in [7, 11) is -0.160. The number of sulfonamides is 1. The summed E-state index contributed by atoms with van der Waals surface area (Å²) in [6.45, 7) is 1.77. The highest BCUT2D eigenvalue weighted by Gasteiger charge is 2.20. The van der Waals surface area contributed by atoms with Crippen LogP contribution in [0.15, 0.2) is 77.8 Å². The van der Waals surface area contributed by atoms with Crippen molar-refractivity contribution >= 4 is 27.4 Å². The molecule has 2 N–H and O–H groups in total. The molecule has 8 heteroatoms. The quantitative estimate of drug-likeness (QED) is 0.606. The Labute approximate surface area is 176 Å². The number of hydrogen-bond acceptors (Lipinski definition) is 5. The smallest absolute Gasteiger partial charge is 0.255 e. The Kier molecular flexibility index (Phi) is 6.49. The van der Waals surface area contributed by atoms with E-state index in [1.54, 1.807) is 42.3 Å². The second kappa shape index (κ2) is 9.06. The molecular weight excluding hydrogens is 400 g/mol. The molecule has 0 aliphatic rings. The van der Waals surface area contributed by atoms with Crippen LogP contribution >= 0.6 is 0 Å². The molecule has 0 saturated carbocycles. The molecule has 30 heavy (non-hydrogen) atoms. The van der Waals surface area contributed by atoms with Crippen molar-refractivity contribution in [2.75, 3.05) is 24.3 Å². The first-order valence-electron chi connectivity index (χ1n) is 9.39. The Bertz CT molecular complexity index is 1130. The number of pyridine rings is 1. The number of anilines is 2. The number of benzene rings is 2. The Morgan fingerprint density at radius 2 is 1.73 bits per heavy atom. The summed E-state index contributed by atoms with van der Waals surface area (Å²) in [6, 6.07) is 18.3. The van der Waals surface area contributed by atoms with Crippen molar-refractivity contribution in [3.8, 4) is 0 Å². The largest absolute Gasteiger partial charge is 0.361 e. The first-order chi connectivity index (χ1) is 14.3. The van der Waals surface area contributed by atoms with E-state index in [0.29, 0.717) is 11.5 Å². The zero-order chi connectivity index (χ0) is 21.7.